The van der Waals surface area contributed by atoms with Crippen molar-refractivity contribution in [1.29, 1.82) is 0 Å². The molecule has 0 unspecified atom stereocenters. The van der Waals surface area contributed by atoms with Crippen LogP contribution in [-0.4, -0.2) is 34.3 Å². The number of thioether (sulfide) groups is 1. The van der Waals surface area contributed by atoms with E-state index in [2.05, 4.69) is 0 Å². The fourth-order valence-electron chi connectivity index (χ4n) is 1.23. The number of rotatable bonds is 2. The smallest absolute Gasteiger partial charge is 0.322 e. The van der Waals surface area contributed by atoms with Gasteiger partial charge in [-0.25, -0.2) is 0 Å². The summed E-state index contributed by atoms with van der Waals surface area (Å²) in [7, 11) is 0. The molecule has 70 valence electrons. The molecule has 1 heterocycles. The Labute approximate surface area is 76.5 Å². The second-order valence-electron chi connectivity index (χ2n) is 3.11. The van der Waals surface area contributed by atoms with Crippen LogP contribution in [0, 0.1) is 0 Å². The van der Waals surface area contributed by atoms with Crippen LogP contribution in [0.4, 0.5) is 0 Å². The molecule has 3 nitrogen and oxygen atoms in total. The van der Waals surface area contributed by atoms with Gasteiger partial charge in [0.25, 0.3) is 0 Å². The topological polar surface area (TPSA) is 46.5 Å². The van der Waals surface area contributed by atoms with Crippen molar-refractivity contribution in [3.05, 3.63) is 0 Å². The molecule has 1 saturated heterocycles. The highest BCUT2D eigenvalue weighted by Gasteiger charge is 2.43. The number of ether oxygens (including phenoxy) is 1. The van der Waals surface area contributed by atoms with Crippen molar-refractivity contribution in [3.63, 3.8) is 0 Å². The van der Waals surface area contributed by atoms with Gasteiger partial charge in [0, 0.05) is 0 Å². The first-order chi connectivity index (χ1) is 5.58. The van der Waals surface area contributed by atoms with Gasteiger partial charge in [0.15, 0.2) is 0 Å². The van der Waals surface area contributed by atoms with Gasteiger partial charge >= 0.3 is 5.97 Å². The molecule has 1 aliphatic rings. The van der Waals surface area contributed by atoms with Crippen LogP contribution in [0.2, 0.25) is 0 Å². The molecule has 0 saturated carbocycles. The van der Waals surface area contributed by atoms with E-state index in [1.165, 1.54) is 11.8 Å². The zero-order chi connectivity index (χ0) is 9.19. The van der Waals surface area contributed by atoms with Crippen LogP contribution in [-0.2, 0) is 9.53 Å². The summed E-state index contributed by atoms with van der Waals surface area (Å²) in [6.07, 6.45) is 0.668. The number of carbonyl (C=O) groups excluding carboxylic acids is 1. The Bertz CT molecular complexity index is 179. The average Bonchev–Trinajstić information content (AvgIpc) is 2.30. The van der Waals surface area contributed by atoms with E-state index in [0.717, 1.165) is 5.75 Å². The maximum Gasteiger partial charge on any atom is 0.322 e. The lowest BCUT2D eigenvalue weighted by atomic mass is 9.99. The molecule has 12 heavy (non-hydrogen) atoms. The van der Waals surface area contributed by atoms with Gasteiger partial charge in [0.1, 0.15) is 5.25 Å². The van der Waals surface area contributed by atoms with Crippen LogP contribution in [0.1, 0.15) is 20.3 Å². The van der Waals surface area contributed by atoms with Crippen molar-refractivity contribution in [1.82, 2.24) is 0 Å². The molecule has 0 aliphatic carbocycles. The first-order valence-corrected chi connectivity index (χ1v) is 5.13. The summed E-state index contributed by atoms with van der Waals surface area (Å²) in [5.41, 5.74) is -0.878. The Hall–Kier alpha value is -0.220. The molecule has 0 aromatic carbocycles. The minimum Gasteiger partial charge on any atom is -0.465 e. The maximum absolute atomic E-state index is 11.3. The minimum absolute atomic E-state index is 0.287. The molecular weight excluding hydrogens is 176 g/mol. The van der Waals surface area contributed by atoms with E-state index in [4.69, 9.17) is 4.74 Å². The number of aliphatic hydroxyl groups is 1. The van der Waals surface area contributed by atoms with Gasteiger partial charge in [0.05, 0.1) is 12.2 Å². The van der Waals surface area contributed by atoms with Gasteiger partial charge in [-0.1, -0.05) is 0 Å². The summed E-state index contributed by atoms with van der Waals surface area (Å²) >= 11 is 1.47. The molecular formula is C8H14O3S. The van der Waals surface area contributed by atoms with Gasteiger partial charge in [-0.05, 0) is 26.0 Å². The molecule has 0 spiro atoms. The summed E-state index contributed by atoms with van der Waals surface area (Å²) in [6, 6.07) is 0. The molecule has 2 atom stereocenters. The lowest BCUT2D eigenvalue weighted by Gasteiger charge is -2.22. The first-order valence-electron chi connectivity index (χ1n) is 4.08. The van der Waals surface area contributed by atoms with Crippen LogP contribution in [0.5, 0.6) is 0 Å². The van der Waals surface area contributed by atoms with Crippen molar-refractivity contribution in [3.8, 4) is 0 Å². The number of carbonyl (C=O) groups is 1. The maximum atomic E-state index is 11.3. The fraction of sp³-hybridized carbons (Fsp3) is 0.875. The highest BCUT2D eigenvalue weighted by atomic mass is 32.2. The second kappa shape index (κ2) is 3.66. The molecule has 1 rings (SSSR count). The fourth-order valence-corrected chi connectivity index (χ4v) is 2.68. The van der Waals surface area contributed by atoms with E-state index in [1.54, 1.807) is 13.8 Å². The lowest BCUT2D eigenvalue weighted by Crippen LogP contribution is -2.39. The summed E-state index contributed by atoms with van der Waals surface area (Å²) in [5.74, 6) is 0.543. The Morgan fingerprint density at radius 3 is 2.92 bits per heavy atom. The standard InChI is InChI=1S/C8H14O3S/c1-3-11-7(9)6-8(2,10)4-5-12-6/h6,10H,3-5H2,1-2H3/t6-,8+/m1/s1. The van der Waals surface area contributed by atoms with E-state index in [0.29, 0.717) is 13.0 Å². The Kier molecular flexibility index (Phi) is 3.01. The van der Waals surface area contributed by atoms with Crippen LogP contribution in [0.3, 0.4) is 0 Å². The van der Waals surface area contributed by atoms with Gasteiger partial charge in [-0.3, -0.25) is 4.79 Å². The number of hydrogen-bond acceptors (Lipinski definition) is 4. The van der Waals surface area contributed by atoms with Gasteiger partial charge in [-0.15, -0.1) is 11.8 Å². The monoisotopic (exact) mass is 190 g/mol. The molecule has 1 fully saturated rings. The van der Waals surface area contributed by atoms with Crippen LogP contribution in [0.25, 0.3) is 0 Å². The third-order valence-electron chi connectivity index (χ3n) is 1.96. The Morgan fingerprint density at radius 2 is 2.50 bits per heavy atom. The summed E-state index contributed by atoms with van der Waals surface area (Å²) in [5, 5.41) is 9.34. The predicted molar refractivity (Wildman–Crippen MR) is 48.1 cm³/mol. The van der Waals surface area contributed by atoms with E-state index < -0.39 is 10.9 Å². The van der Waals surface area contributed by atoms with Crippen LogP contribution >= 0.6 is 11.8 Å². The van der Waals surface area contributed by atoms with Crippen molar-refractivity contribution in [2.75, 3.05) is 12.4 Å². The van der Waals surface area contributed by atoms with Crippen LogP contribution < -0.4 is 0 Å². The first kappa shape index (κ1) is 9.86. The van der Waals surface area contributed by atoms with Crippen LogP contribution in [0.15, 0.2) is 0 Å². The van der Waals surface area contributed by atoms with Crippen molar-refractivity contribution < 1.29 is 14.6 Å². The minimum atomic E-state index is -0.878. The predicted octanol–water partition coefficient (Wildman–Crippen LogP) is 0.806. The molecule has 0 radical (unpaired) electrons. The third-order valence-corrected chi connectivity index (χ3v) is 3.43. The Morgan fingerprint density at radius 1 is 1.83 bits per heavy atom. The highest BCUT2D eigenvalue weighted by molar-refractivity contribution is 8.00. The van der Waals surface area contributed by atoms with Crippen molar-refractivity contribution in [2.24, 2.45) is 0 Å². The number of esters is 1. The Balaban J connectivity index is 2.56. The zero-order valence-electron chi connectivity index (χ0n) is 7.37. The van der Waals surface area contributed by atoms with Crippen molar-refractivity contribution in [2.45, 2.75) is 31.1 Å². The molecule has 0 aromatic heterocycles. The second-order valence-corrected chi connectivity index (χ2v) is 4.32. The zero-order valence-corrected chi connectivity index (χ0v) is 8.19. The van der Waals surface area contributed by atoms with Gasteiger partial charge in [0.2, 0.25) is 0 Å². The molecule has 0 bridgehead atoms. The van der Waals surface area contributed by atoms with E-state index in [1.807, 2.05) is 0 Å². The summed E-state index contributed by atoms with van der Waals surface area (Å²) < 4.78 is 4.84. The SMILES string of the molecule is CCOC(=O)[C@H]1SCC[C@]1(C)O. The molecule has 4 heteroatoms. The normalized spacial score (nSPS) is 35.1. The number of hydrogen-bond donors (Lipinski definition) is 1. The van der Waals surface area contributed by atoms with Crippen molar-refractivity contribution >= 4 is 17.7 Å². The molecule has 1 N–H and O–H groups in total. The van der Waals surface area contributed by atoms with E-state index >= 15 is 0 Å². The highest BCUT2D eigenvalue weighted by Crippen LogP contribution is 2.36. The lowest BCUT2D eigenvalue weighted by molar-refractivity contribution is -0.146. The average molecular weight is 190 g/mol. The van der Waals surface area contributed by atoms with Gasteiger partial charge in [-0.2, -0.15) is 0 Å². The molecule has 0 amide bonds. The quantitative estimate of drug-likeness (QED) is 0.654. The van der Waals surface area contributed by atoms with E-state index in [-0.39, 0.29) is 5.97 Å². The largest absolute Gasteiger partial charge is 0.465 e. The summed E-state index contributed by atoms with van der Waals surface area (Å²) in [6.45, 7) is 3.84. The summed E-state index contributed by atoms with van der Waals surface area (Å²) in [4.78, 5) is 11.3. The molecule has 1 aliphatic heterocycles. The third kappa shape index (κ3) is 1.93. The van der Waals surface area contributed by atoms with E-state index in [9.17, 15) is 9.90 Å². The van der Waals surface area contributed by atoms with Gasteiger partial charge < -0.3 is 9.84 Å². The molecule has 0 aromatic rings.